The van der Waals surface area contributed by atoms with Crippen LogP contribution in [0.1, 0.15) is 5.56 Å². The standard InChI is InChI=1S/C12H7N3O2/c1-17-15-10-5-3-2-4-9(10)11(12(15)16)8(6-13)7-14/h2-5H,1H3. The van der Waals surface area contributed by atoms with Gasteiger partial charge in [-0.05, 0) is 6.07 Å². The fourth-order valence-electron chi connectivity index (χ4n) is 1.75. The van der Waals surface area contributed by atoms with E-state index in [4.69, 9.17) is 15.4 Å². The van der Waals surface area contributed by atoms with Crippen LogP contribution in [0.4, 0.5) is 5.69 Å². The maximum absolute atomic E-state index is 12.0. The molecule has 1 aromatic carbocycles. The number of amides is 1. The van der Waals surface area contributed by atoms with Crippen molar-refractivity contribution in [3.63, 3.8) is 0 Å². The zero-order valence-corrected chi connectivity index (χ0v) is 8.97. The highest BCUT2D eigenvalue weighted by molar-refractivity contribution is 6.33. The van der Waals surface area contributed by atoms with Gasteiger partial charge in [-0.15, -0.1) is 0 Å². The lowest BCUT2D eigenvalue weighted by molar-refractivity contribution is -0.118. The molecule has 0 N–H and O–H groups in total. The molecular formula is C12H7N3O2. The molecule has 0 atom stereocenters. The molecule has 82 valence electrons. The zero-order valence-electron chi connectivity index (χ0n) is 8.97. The normalized spacial score (nSPS) is 13.0. The number of carbonyl (C=O) groups excluding carboxylic acids is 1. The van der Waals surface area contributed by atoms with E-state index in [9.17, 15) is 4.79 Å². The molecule has 5 heteroatoms. The second kappa shape index (κ2) is 4.09. The Balaban J connectivity index is 2.75. The van der Waals surface area contributed by atoms with Crippen LogP contribution < -0.4 is 5.06 Å². The Morgan fingerprint density at radius 1 is 1.29 bits per heavy atom. The molecule has 1 heterocycles. The predicted molar refractivity (Wildman–Crippen MR) is 59.1 cm³/mol. The van der Waals surface area contributed by atoms with Crippen LogP contribution in [0.2, 0.25) is 0 Å². The summed E-state index contributed by atoms with van der Waals surface area (Å²) in [4.78, 5) is 16.9. The fourth-order valence-corrected chi connectivity index (χ4v) is 1.75. The van der Waals surface area contributed by atoms with Crippen molar-refractivity contribution in [2.45, 2.75) is 0 Å². The Kier molecular flexibility index (Phi) is 2.61. The first kappa shape index (κ1) is 10.9. The first-order valence-electron chi connectivity index (χ1n) is 4.77. The molecule has 2 rings (SSSR count). The van der Waals surface area contributed by atoms with Crippen LogP contribution in [0.3, 0.4) is 0 Å². The maximum atomic E-state index is 12.0. The molecule has 5 nitrogen and oxygen atoms in total. The van der Waals surface area contributed by atoms with Gasteiger partial charge in [0.2, 0.25) is 0 Å². The Morgan fingerprint density at radius 2 is 1.94 bits per heavy atom. The number of nitrogens with zero attached hydrogens (tertiary/aromatic N) is 3. The lowest BCUT2D eigenvalue weighted by Gasteiger charge is -2.12. The fraction of sp³-hybridized carbons (Fsp3) is 0.0833. The van der Waals surface area contributed by atoms with Crippen molar-refractivity contribution in [2.24, 2.45) is 0 Å². The highest BCUT2D eigenvalue weighted by Crippen LogP contribution is 2.37. The summed E-state index contributed by atoms with van der Waals surface area (Å²) in [6, 6.07) is 10.3. The lowest BCUT2D eigenvalue weighted by Crippen LogP contribution is -2.25. The van der Waals surface area contributed by atoms with Crippen LogP contribution in [0.25, 0.3) is 5.57 Å². The molecule has 0 saturated carbocycles. The molecule has 1 aliphatic rings. The van der Waals surface area contributed by atoms with E-state index in [1.54, 1.807) is 36.4 Å². The summed E-state index contributed by atoms with van der Waals surface area (Å²) < 4.78 is 0. The molecule has 0 spiro atoms. The van der Waals surface area contributed by atoms with Gasteiger partial charge in [0.1, 0.15) is 17.7 Å². The summed E-state index contributed by atoms with van der Waals surface area (Å²) in [7, 11) is 1.36. The van der Waals surface area contributed by atoms with E-state index < -0.39 is 5.91 Å². The molecular weight excluding hydrogens is 218 g/mol. The number of hydrogen-bond donors (Lipinski definition) is 0. The summed E-state index contributed by atoms with van der Waals surface area (Å²) in [5.74, 6) is -0.494. The first-order chi connectivity index (χ1) is 8.24. The number of anilines is 1. The molecule has 1 amide bonds. The summed E-state index contributed by atoms with van der Waals surface area (Å²) in [6.07, 6.45) is 0. The van der Waals surface area contributed by atoms with Gasteiger partial charge in [-0.25, -0.2) is 0 Å². The van der Waals surface area contributed by atoms with Gasteiger partial charge >= 0.3 is 0 Å². The summed E-state index contributed by atoms with van der Waals surface area (Å²) in [5, 5.41) is 18.8. The predicted octanol–water partition coefficient (Wildman–Crippen LogP) is 1.40. The van der Waals surface area contributed by atoms with E-state index in [0.717, 1.165) is 5.06 Å². The number of carbonyl (C=O) groups is 1. The first-order valence-corrected chi connectivity index (χ1v) is 4.77. The second-order valence-corrected chi connectivity index (χ2v) is 3.27. The topological polar surface area (TPSA) is 77.1 Å². The van der Waals surface area contributed by atoms with E-state index >= 15 is 0 Å². The van der Waals surface area contributed by atoms with Crippen LogP contribution in [-0.2, 0) is 9.63 Å². The number of hydroxylamine groups is 1. The molecule has 0 bridgehead atoms. The Hall–Kier alpha value is -2.63. The number of benzene rings is 1. The second-order valence-electron chi connectivity index (χ2n) is 3.27. The Bertz CT molecular complexity index is 589. The van der Waals surface area contributed by atoms with Crippen molar-refractivity contribution < 1.29 is 9.63 Å². The van der Waals surface area contributed by atoms with Gasteiger partial charge in [0.25, 0.3) is 5.91 Å². The highest BCUT2D eigenvalue weighted by Gasteiger charge is 2.35. The molecule has 0 radical (unpaired) electrons. The van der Waals surface area contributed by atoms with Gasteiger partial charge in [0.15, 0.2) is 0 Å². The third-order valence-electron chi connectivity index (χ3n) is 2.45. The largest absolute Gasteiger partial charge is 0.284 e. The van der Waals surface area contributed by atoms with Crippen LogP contribution >= 0.6 is 0 Å². The van der Waals surface area contributed by atoms with Crippen molar-refractivity contribution in [1.29, 1.82) is 10.5 Å². The van der Waals surface area contributed by atoms with Crippen LogP contribution in [0.15, 0.2) is 29.8 Å². The van der Waals surface area contributed by atoms with Crippen molar-refractivity contribution in [3.8, 4) is 12.1 Å². The van der Waals surface area contributed by atoms with Gasteiger partial charge in [0, 0.05) is 5.56 Å². The number of rotatable bonds is 1. The van der Waals surface area contributed by atoms with Crippen LogP contribution in [0.5, 0.6) is 0 Å². The summed E-state index contributed by atoms with van der Waals surface area (Å²) >= 11 is 0. The van der Waals surface area contributed by atoms with Gasteiger partial charge < -0.3 is 0 Å². The maximum Gasteiger partial charge on any atom is 0.284 e. The summed E-state index contributed by atoms with van der Waals surface area (Å²) in [5.41, 5.74) is 0.963. The van der Waals surface area contributed by atoms with Crippen molar-refractivity contribution >= 4 is 17.2 Å². The van der Waals surface area contributed by atoms with E-state index in [1.807, 2.05) is 0 Å². The molecule has 1 aromatic rings. The highest BCUT2D eigenvalue weighted by atomic mass is 16.7. The minimum atomic E-state index is -0.494. The monoisotopic (exact) mass is 225 g/mol. The van der Waals surface area contributed by atoms with Gasteiger partial charge in [-0.2, -0.15) is 15.6 Å². The SMILES string of the molecule is CON1C(=O)C(=C(C#N)C#N)c2ccccc21. The number of nitriles is 2. The zero-order chi connectivity index (χ0) is 12.4. The number of para-hydroxylation sites is 1. The summed E-state index contributed by atoms with van der Waals surface area (Å²) in [6.45, 7) is 0. The van der Waals surface area contributed by atoms with Crippen molar-refractivity contribution in [2.75, 3.05) is 12.2 Å². The van der Waals surface area contributed by atoms with Crippen LogP contribution in [-0.4, -0.2) is 13.0 Å². The molecule has 1 aliphatic heterocycles. The average molecular weight is 225 g/mol. The quantitative estimate of drug-likeness (QED) is 0.534. The van der Waals surface area contributed by atoms with Crippen molar-refractivity contribution in [1.82, 2.24) is 0 Å². The van der Waals surface area contributed by atoms with Crippen LogP contribution in [0, 0.1) is 22.7 Å². The minimum Gasteiger partial charge on any atom is -0.269 e. The molecule has 0 aromatic heterocycles. The van der Waals surface area contributed by atoms with Crippen molar-refractivity contribution in [3.05, 3.63) is 35.4 Å². The smallest absolute Gasteiger partial charge is 0.269 e. The molecule has 0 fully saturated rings. The molecule has 0 aliphatic carbocycles. The molecule has 17 heavy (non-hydrogen) atoms. The van der Waals surface area contributed by atoms with E-state index in [-0.39, 0.29) is 11.1 Å². The van der Waals surface area contributed by atoms with Gasteiger partial charge in [-0.3, -0.25) is 9.63 Å². The van der Waals surface area contributed by atoms with E-state index in [0.29, 0.717) is 11.3 Å². The van der Waals surface area contributed by atoms with Gasteiger partial charge in [0.05, 0.1) is 18.4 Å². The third-order valence-corrected chi connectivity index (χ3v) is 2.45. The number of allylic oxidation sites excluding steroid dienone is 1. The van der Waals surface area contributed by atoms with E-state index in [1.165, 1.54) is 7.11 Å². The lowest BCUT2D eigenvalue weighted by atomic mass is 10.0. The molecule has 0 saturated heterocycles. The average Bonchev–Trinajstić information content (AvgIpc) is 2.64. The number of fused-ring (bicyclic) bond motifs is 1. The third kappa shape index (κ3) is 1.46. The van der Waals surface area contributed by atoms with E-state index in [2.05, 4.69) is 0 Å². The number of hydrogen-bond acceptors (Lipinski definition) is 4. The Labute approximate surface area is 97.7 Å². The molecule has 0 unspecified atom stereocenters. The minimum absolute atomic E-state index is 0.0902. The Morgan fingerprint density at radius 3 is 2.53 bits per heavy atom. The van der Waals surface area contributed by atoms with Gasteiger partial charge in [-0.1, -0.05) is 18.2 Å².